The Balaban J connectivity index is 0.893. The highest BCUT2D eigenvalue weighted by Crippen LogP contribution is 2.76. The molecule has 31 nitrogen and oxygen atoms in total. The zero-order chi connectivity index (χ0) is 75.4. The number of carbonyl (C=O) groups excluding carboxylic acids is 3. The van der Waals surface area contributed by atoms with Crippen molar-refractivity contribution in [3.8, 4) is 5.75 Å². The van der Waals surface area contributed by atoms with E-state index in [9.17, 15) is 91.0 Å². The number of allylic oxidation sites excluding steroid dienone is 3. The van der Waals surface area contributed by atoms with Crippen LogP contribution in [0.15, 0.2) is 41.5 Å². The van der Waals surface area contributed by atoms with E-state index in [0.717, 1.165) is 11.9 Å². The number of carboxylic acids is 1. The van der Waals surface area contributed by atoms with E-state index in [4.69, 9.17) is 56.8 Å². The molecule has 0 spiro atoms. The van der Waals surface area contributed by atoms with Gasteiger partial charge in [0, 0.05) is 5.57 Å². The minimum Gasteiger partial charge on any atom is -0.497 e. The lowest BCUT2D eigenvalue weighted by Crippen LogP contribution is -2.69. The Labute approximate surface area is 596 Å². The third kappa shape index (κ3) is 13.7. The number of carbonyl (C=O) groups is 4. The van der Waals surface area contributed by atoms with Crippen molar-refractivity contribution in [3.05, 3.63) is 47.1 Å². The van der Waals surface area contributed by atoms with Gasteiger partial charge in [-0.15, -0.1) is 0 Å². The van der Waals surface area contributed by atoms with Gasteiger partial charge in [0.05, 0.1) is 50.2 Å². The predicted molar refractivity (Wildman–Crippen MR) is 350 cm³/mol. The second-order valence-corrected chi connectivity index (χ2v) is 32.2. The monoisotopic (exact) mass is 1470 g/mol. The first-order chi connectivity index (χ1) is 48.3. The molecule has 9 fully saturated rings. The largest absolute Gasteiger partial charge is 0.497 e. The summed E-state index contributed by atoms with van der Waals surface area (Å²) in [5, 5.41) is 166. The van der Waals surface area contributed by atoms with E-state index in [1.165, 1.54) is 27.9 Å². The van der Waals surface area contributed by atoms with Crippen molar-refractivity contribution in [2.75, 3.05) is 20.3 Å². The van der Waals surface area contributed by atoms with Crippen molar-refractivity contribution in [2.45, 2.75) is 293 Å². The lowest BCUT2D eigenvalue weighted by molar-refractivity contribution is -0.388. The van der Waals surface area contributed by atoms with E-state index in [-0.39, 0.29) is 30.8 Å². The Hall–Kier alpha value is -4.34. The van der Waals surface area contributed by atoms with Crippen LogP contribution in [-0.2, 0) is 71.3 Å². The zero-order valence-electron chi connectivity index (χ0n) is 59.8. The summed E-state index contributed by atoms with van der Waals surface area (Å²) < 4.78 is 72.8. The van der Waals surface area contributed by atoms with E-state index in [0.29, 0.717) is 55.4 Å². The molecule has 0 amide bonds. The average Bonchev–Trinajstić information content (AvgIpc) is 0.670. The number of ether oxygens (including phenoxy) is 12. The summed E-state index contributed by atoms with van der Waals surface area (Å²) in [6.07, 6.45) is -42.2. The second-order valence-electron chi connectivity index (χ2n) is 32.2. The summed E-state index contributed by atoms with van der Waals surface area (Å²) in [6.45, 7) is 16.7. The van der Waals surface area contributed by atoms with Gasteiger partial charge in [-0.3, -0.25) is 4.79 Å². The Morgan fingerprint density at radius 3 is 1.68 bits per heavy atom. The average molecular weight is 1470 g/mol. The van der Waals surface area contributed by atoms with Gasteiger partial charge in [-0.1, -0.05) is 65.3 Å². The van der Waals surface area contributed by atoms with Crippen LogP contribution in [0.25, 0.3) is 5.57 Å². The summed E-state index contributed by atoms with van der Waals surface area (Å²) in [5.74, 6) is -4.23. The first kappa shape index (κ1) is 79.7. The molecule has 35 unspecified atom stereocenters. The second kappa shape index (κ2) is 29.9. The summed E-state index contributed by atoms with van der Waals surface area (Å²) in [7, 11) is 1.51. The lowest BCUT2D eigenvalue weighted by atomic mass is 9.33. The summed E-state index contributed by atoms with van der Waals surface area (Å²) >= 11 is 0. The predicted octanol–water partition coefficient (Wildman–Crippen LogP) is -0.861. The Bertz CT molecular complexity index is 3280. The van der Waals surface area contributed by atoms with E-state index in [1.54, 1.807) is 38.1 Å². The number of carboxylic acid groups (broad SMARTS) is 1. The topological polar surface area (TPSA) is 482 Å². The van der Waals surface area contributed by atoms with Gasteiger partial charge >= 0.3 is 17.9 Å². The van der Waals surface area contributed by atoms with Gasteiger partial charge in [0.2, 0.25) is 6.29 Å². The maximum Gasteiger partial charge on any atom is 0.335 e. The Kier molecular flexibility index (Phi) is 23.1. The molecule has 5 aliphatic carbocycles. The number of hydrogen-bond donors (Lipinski definition) is 15. The van der Waals surface area contributed by atoms with Crippen LogP contribution in [0, 0.1) is 50.2 Å². The van der Waals surface area contributed by atoms with E-state index in [2.05, 4.69) is 40.7 Å². The number of rotatable bonds is 18. The molecule has 5 aliphatic heterocycles. The molecular formula is C72H106O31. The van der Waals surface area contributed by atoms with Crippen molar-refractivity contribution in [3.63, 3.8) is 0 Å². The smallest absolute Gasteiger partial charge is 0.335 e. The molecular weight excluding hydrogens is 1360 g/mol. The van der Waals surface area contributed by atoms with Gasteiger partial charge in [-0.25, -0.2) is 9.59 Å². The highest BCUT2D eigenvalue weighted by molar-refractivity contribution is 5.96. The number of aliphatic carboxylic acids is 1. The highest BCUT2D eigenvalue weighted by Gasteiger charge is 2.73. The van der Waals surface area contributed by atoms with E-state index >= 15 is 4.79 Å². The Morgan fingerprint density at radius 2 is 1.12 bits per heavy atom. The number of aldehydes is 1. The molecule has 15 N–H and O–H groups in total. The number of aliphatic hydroxyl groups excluding tert-OH is 14. The molecule has 580 valence electrons. The molecule has 0 bridgehead atoms. The van der Waals surface area contributed by atoms with Crippen molar-refractivity contribution in [2.24, 2.45) is 50.2 Å². The zero-order valence-corrected chi connectivity index (χ0v) is 59.8. The summed E-state index contributed by atoms with van der Waals surface area (Å²) in [6, 6.07) is 6.91. The molecule has 1 aromatic carbocycles. The van der Waals surface area contributed by atoms with Gasteiger partial charge in [-0.2, -0.15) is 0 Å². The van der Waals surface area contributed by atoms with Gasteiger partial charge in [-0.05, 0) is 148 Å². The number of hydrogen-bond acceptors (Lipinski definition) is 30. The van der Waals surface area contributed by atoms with Gasteiger partial charge in [0.25, 0.3) is 0 Å². The van der Waals surface area contributed by atoms with Crippen LogP contribution >= 0.6 is 0 Å². The number of esters is 2. The third-order valence-corrected chi connectivity index (χ3v) is 26.0. The Morgan fingerprint density at radius 1 is 0.563 bits per heavy atom. The molecule has 11 rings (SSSR count). The quantitative estimate of drug-likeness (QED) is 0.0279. The summed E-state index contributed by atoms with van der Waals surface area (Å²) in [4.78, 5) is 57.0. The standard InChI is InChI=1S/C72H106O31/c1-29(33-12-14-34(92-11)15-13-33)30(2)60(90)98-54-32(4)94-64(58(53(54)87)102-63-56(48(82)43(77)31(3)93-63)100-61-51(85)46(80)44(78)37(26-73)95-61)103-66(91)72-23-22-67(5,6)24-36(72)35-16-17-40-68(7)20-19-42(69(8,28-75)39(68)18-21-70(40,9)71(35,10)25-41(72)76)97-65-57(50(84)49(83)55(99-65)59(88)89)101-62-52(86)47(81)45(79)38(27-74)96-62/h12-16,28,31-32,36-58,61-65,73-74,76-87H,17-27H2,1-11H3,(H,88,89). The van der Waals surface area contributed by atoms with Crippen LogP contribution in [0.4, 0.5) is 0 Å². The number of benzene rings is 1. The molecule has 5 saturated heterocycles. The fourth-order valence-corrected chi connectivity index (χ4v) is 19.4. The molecule has 10 aliphatic rings. The highest BCUT2D eigenvalue weighted by atomic mass is 16.8. The van der Waals surface area contributed by atoms with Crippen LogP contribution in [-0.4, -0.2) is 287 Å². The van der Waals surface area contributed by atoms with Crippen LogP contribution in [0.3, 0.4) is 0 Å². The summed E-state index contributed by atoms with van der Waals surface area (Å²) in [5.41, 5.74) is -3.40. The molecule has 0 aromatic heterocycles. The minimum absolute atomic E-state index is 0.0410. The van der Waals surface area contributed by atoms with E-state index < -0.39 is 241 Å². The minimum atomic E-state index is -2.12. The van der Waals surface area contributed by atoms with Gasteiger partial charge < -0.3 is 138 Å². The fourth-order valence-electron chi connectivity index (χ4n) is 19.4. The number of fused-ring (bicyclic) bond motifs is 7. The molecule has 0 radical (unpaired) electrons. The van der Waals surface area contributed by atoms with E-state index in [1.807, 2.05) is 0 Å². The van der Waals surface area contributed by atoms with Crippen LogP contribution in [0.2, 0.25) is 0 Å². The van der Waals surface area contributed by atoms with Crippen molar-refractivity contribution < 1.29 is 153 Å². The van der Waals surface area contributed by atoms with Crippen molar-refractivity contribution in [1.82, 2.24) is 0 Å². The number of methoxy groups -OCH3 is 1. The maximum atomic E-state index is 16.1. The molecule has 5 heterocycles. The number of aliphatic hydroxyl groups is 14. The SMILES string of the molecule is COc1ccc(C(C)=C(C)C(=O)OC2C(C)OC(OC(=O)C34CCC(C)(C)CC3C3=CCC5C6(C)CCC(OC7OC(C(=O)O)C(O)C(O)C7OC7OC(CO)C(O)C(O)C7O)C(C)(C=O)C6CCC5(C)C3(C)CC4O)C(OC3OC(C)C(O)C(O)C3OC3OC(CO)C(O)C(O)C3O)C2O)cc1. The normalized spacial score (nSPS) is 49.2. The van der Waals surface area contributed by atoms with Crippen LogP contribution in [0.5, 0.6) is 5.75 Å². The molecule has 31 heteroatoms. The maximum absolute atomic E-state index is 16.1. The molecule has 1 aromatic rings. The first-order valence-electron chi connectivity index (χ1n) is 35.7. The van der Waals surface area contributed by atoms with Gasteiger partial charge in [0.15, 0.2) is 43.5 Å². The molecule has 4 saturated carbocycles. The first-order valence-corrected chi connectivity index (χ1v) is 35.7. The van der Waals surface area contributed by atoms with Crippen LogP contribution < -0.4 is 4.74 Å². The molecule has 35 atom stereocenters. The van der Waals surface area contributed by atoms with Gasteiger partial charge in [0.1, 0.15) is 109 Å². The third-order valence-electron chi connectivity index (χ3n) is 26.0. The van der Waals surface area contributed by atoms with Crippen LogP contribution in [0.1, 0.15) is 133 Å². The lowest BCUT2D eigenvalue weighted by Gasteiger charge is -2.71. The van der Waals surface area contributed by atoms with Crippen molar-refractivity contribution >= 4 is 29.8 Å². The van der Waals surface area contributed by atoms with Crippen molar-refractivity contribution in [1.29, 1.82) is 0 Å². The molecule has 103 heavy (non-hydrogen) atoms. The fraction of sp³-hybridized carbons (Fsp3) is 0.806.